The van der Waals surface area contributed by atoms with Gasteiger partial charge in [-0.1, -0.05) is 15.9 Å². The Kier molecular flexibility index (Phi) is 4.36. The van der Waals surface area contributed by atoms with Gasteiger partial charge in [0.1, 0.15) is 5.82 Å². The second kappa shape index (κ2) is 5.61. The Hall–Kier alpha value is -0.230. The van der Waals surface area contributed by atoms with Crippen molar-refractivity contribution in [3.8, 4) is 0 Å². The molecule has 0 radical (unpaired) electrons. The summed E-state index contributed by atoms with van der Waals surface area (Å²) in [5.41, 5.74) is 6.91. The van der Waals surface area contributed by atoms with E-state index in [0.29, 0.717) is 6.42 Å². The highest BCUT2D eigenvalue weighted by Crippen LogP contribution is 2.30. The van der Waals surface area contributed by atoms with Crippen LogP contribution in [0.1, 0.15) is 16.5 Å². The first-order chi connectivity index (χ1) is 8.08. The molecule has 0 fully saturated rings. The molecule has 0 aliphatic heterocycles. The molecule has 1 aromatic heterocycles. The van der Waals surface area contributed by atoms with Crippen LogP contribution in [0.2, 0.25) is 0 Å². The number of hydrogen-bond donors (Lipinski definition) is 1. The summed E-state index contributed by atoms with van der Waals surface area (Å²) in [6.45, 7) is 0. The summed E-state index contributed by atoms with van der Waals surface area (Å²) >= 11 is 8.51. The van der Waals surface area contributed by atoms with E-state index in [9.17, 15) is 4.39 Å². The van der Waals surface area contributed by atoms with Crippen molar-refractivity contribution < 1.29 is 4.39 Å². The van der Waals surface area contributed by atoms with Gasteiger partial charge in [-0.25, -0.2) is 4.39 Å². The van der Waals surface area contributed by atoms with E-state index >= 15 is 0 Å². The van der Waals surface area contributed by atoms with Gasteiger partial charge in [-0.05, 0) is 51.1 Å². The fourth-order valence-corrected chi connectivity index (χ4v) is 3.69. The van der Waals surface area contributed by atoms with Crippen LogP contribution >= 0.6 is 43.2 Å². The number of nitrogens with two attached hydrogens (primary N) is 1. The third-order valence-electron chi connectivity index (χ3n) is 2.45. The molecular formula is C12H10Br2FNS. The van der Waals surface area contributed by atoms with E-state index in [1.54, 1.807) is 17.4 Å². The molecule has 1 atom stereocenters. The van der Waals surface area contributed by atoms with Gasteiger partial charge in [-0.15, -0.1) is 11.3 Å². The van der Waals surface area contributed by atoms with Crippen LogP contribution < -0.4 is 5.73 Å². The first kappa shape index (κ1) is 13.2. The molecule has 2 N–H and O–H groups in total. The normalized spacial score (nSPS) is 12.7. The van der Waals surface area contributed by atoms with E-state index in [1.807, 2.05) is 11.4 Å². The van der Waals surface area contributed by atoms with E-state index in [4.69, 9.17) is 5.73 Å². The van der Waals surface area contributed by atoms with Crippen LogP contribution in [0.15, 0.2) is 38.6 Å². The van der Waals surface area contributed by atoms with Gasteiger partial charge in [-0.2, -0.15) is 0 Å². The number of thiophene rings is 1. The second-order valence-electron chi connectivity index (χ2n) is 3.67. The van der Waals surface area contributed by atoms with Crippen molar-refractivity contribution in [1.29, 1.82) is 0 Å². The van der Waals surface area contributed by atoms with Gasteiger partial charge in [0, 0.05) is 26.3 Å². The highest BCUT2D eigenvalue weighted by atomic mass is 79.9. The molecule has 17 heavy (non-hydrogen) atoms. The number of benzene rings is 1. The summed E-state index contributed by atoms with van der Waals surface area (Å²) < 4.78 is 15.1. The maximum Gasteiger partial charge on any atom is 0.123 e. The van der Waals surface area contributed by atoms with Crippen molar-refractivity contribution in [2.24, 2.45) is 5.73 Å². The maximum atomic E-state index is 13.2. The van der Waals surface area contributed by atoms with Crippen molar-refractivity contribution in [2.75, 3.05) is 0 Å². The average molecular weight is 379 g/mol. The van der Waals surface area contributed by atoms with Crippen LogP contribution in [-0.4, -0.2) is 0 Å². The van der Waals surface area contributed by atoms with Gasteiger partial charge in [-0.3, -0.25) is 0 Å². The number of rotatable bonds is 3. The van der Waals surface area contributed by atoms with Crippen LogP contribution in [0.3, 0.4) is 0 Å². The molecule has 0 spiro atoms. The van der Waals surface area contributed by atoms with Gasteiger partial charge in [0.2, 0.25) is 0 Å². The molecule has 0 aliphatic rings. The van der Waals surface area contributed by atoms with Crippen LogP contribution in [0, 0.1) is 5.82 Å². The predicted octanol–water partition coefficient (Wildman–Crippen LogP) is 4.65. The quantitative estimate of drug-likeness (QED) is 0.826. The third-order valence-corrected chi connectivity index (χ3v) is 5.12. The Bertz CT molecular complexity index is 527. The van der Waals surface area contributed by atoms with Crippen molar-refractivity contribution in [3.05, 3.63) is 54.8 Å². The molecule has 0 bridgehead atoms. The highest BCUT2D eigenvalue weighted by molar-refractivity contribution is 9.10. The largest absolute Gasteiger partial charge is 0.324 e. The zero-order chi connectivity index (χ0) is 12.4. The molecule has 2 aromatic rings. The predicted molar refractivity (Wildman–Crippen MR) is 76.8 cm³/mol. The topological polar surface area (TPSA) is 26.0 Å². The summed E-state index contributed by atoms with van der Waals surface area (Å²) in [5.74, 6) is -0.260. The molecule has 1 heterocycles. The summed E-state index contributed by atoms with van der Waals surface area (Å²) in [5, 5.41) is 2.01. The average Bonchev–Trinajstić information content (AvgIpc) is 2.68. The Morgan fingerprint density at radius 2 is 2.00 bits per heavy atom. The first-order valence-corrected chi connectivity index (χ1v) is 7.47. The summed E-state index contributed by atoms with van der Waals surface area (Å²) in [6.07, 6.45) is 0.695. The lowest BCUT2D eigenvalue weighted by Crippen LogP contribution is -2.13. The summed E-state index contributed by atoms with van der Waals surface area (Å²) in [7, 11) is 0. The Morgan fingerprint density at radius 1 is 1.24 bits per heavy atom. The molecule has 5 heteroatoms. The van der Waals surface area contributed by atoms with E-state index in [1.165, 1.54) is 17.0 Å². The molecular weight excluding hydrogens is 369 g/mol. The molecule has 0 aliphatic carbocycles. The lowest BCUT2D eigenvalue weighted by atomic mass is 10.0. The minimum atomic E-state index is -0.260. The first-order valence-electron chi connectivity index (χ1n) is 5.00. The fraction of sp³-hybridized carbons (Fsp3) is 0.167. The summed E-state index contributed by atoms with van der Waals surface area (Å²) in [4.78, 5) is 1.17. The van der Waals surface area contributed by atoms with Crippen molar-refractivity contribution >= 4 is 43.2 Å². The van der Waals surface area contributed by atoms with Gasteiger partial charge in [0.05, 0.1) is 0 Å². The third kappa shape index (κ3) is 3.16. The van der Waals surface area contributed by atoms with Crippen molar-refractivity contribution in [3.63, 3.8) is 0 Å². The number of halogens is 3. The van der Waals surface area contributed by atoms with Gasteiger partial charge < -0.3 is 5.73 Å². The second-order valence-corrected chi connectivity index (χ2v) is 6.38. The molecule has 0 saturated carbocycles. The van der Waals surface area contributed by atoms with Gasteiger partial charge in [0.15, 0.2) is 0 Å². The monoisotopic (exact) mass is 377 g/mol. The molecule has 1 unspecified atom stereocenters. The van der Waals surface area contributed by atoms with Crippen molar-refractivity contribution in [2.45, 2.75) is 12.5 Å². The lowest BCUT2D eigenvalue weighted by Gasteiger charge is -2.13. The van der Waals surface area contributed by atoms with Crippen LogP contribution in [0.4, 0.5) is 4.39 Å². The smallest absolute Gasteiger partial charge is 0.123 e. The Labute approximate surface area is 120 Å². The number of hydrogen-bond acceptors (Lipinski definition) is 2. The molecule has 0 saturated heterocycles. The van der Waals surface area contributed by atoms with Gasteiger partial charge in [0.25, 0.3) is 0 Å². The van der Waals surface area contributed by atoms with Gasteiger partial charge >= 0.3 is 0 Å². The molecule has 1 nitrogen and oxygen atoms in total. The standard InChI is InChI=1S/C12H10Br2FNS/c13-9-2-1-7(15)5-8(9)11(16)6-12-10(14)3-4-17-12/h1-5,11H,6,16H2. The SMILES string of the molecule is NC(Cc1sccc1Br)c1cc(F)ccc1Br. The fourth-order valence-electron chi connectivity index (χ4n) is 1.58. The summed E-state index contributed by atoms with van der Waals surface area (Å²) in [6, 6.07) is 6.37. The van der Waals surface area contributed by atoms with E-state index in [2.05, 4.69) is 31.9 Å². The molecule has 90 valence electrons. The minimum absolute atomic E-state index is 0.213. The zero-order valence-corrected chi connectivity index (χ0v) is 12.8. The minimum Gasteiger partial charge on any atom is -0.324 e. The molecule has 0 amide bonds. The van der Waals surface area contributed by atoms with E-state index in [0.717, 1.165) is 14.5 Å². The van der Waals surface area contributed by atoms with Crippen LogP contribution in [0.25, 0.3) is 0 Å². The van der Waals surface area contributed by atoms with E-state index < -0.39 is 0 Å². The lowest BCUT2D eigenvalue weighted by molar-refractivity contribution is 0.618. The molecule has 2 rings (SSSR count). The van der Waals surface area contributed by atoms with E-state index in [-0.39, 0.29) is 11.9 Å². The highest BCUT2D eigenvalue weighted by Gasteiger charge is 2.14. The Balaban J connectivity index is 2.23. The van der Waals surface area contributed by atoms with Crippen molar-refractivity contribution in [1.82, 2.24) is 0 Å². The maximum absolute atomic E-state index is 13.2. The molecule has 1 aromatic carbocycles. The zero-order valence-electron chi connectivity index (χ0n) is 8.79. The Morgan fingerprint density at radius 3 is 2.65 bits per heavy atom. The van der Waals surface area contributed by atoms with Crippen LogP contribution in [0.5, 0.6) is 0 Å². The van der Waals surface area contributed by atoms with Crippen LogP contribution in [-0.2, 0) is 6.42 Å².